The van der Waals surface area contributed by atoms with Gasteiger partial charge in [0.2, 0.25) is 10.0 Å². The van der Waals surface area contributed by atoms with Gasteiger partial charge in [0.1, 0.15) is 6.04 Å². The number of carboxylic acid groups (broad SMARTS) is 1. The minimum atomic E-state index is -4.03. The maximum atomic E-state index is 12.6. The molecule has 1 saturated heterocycles. The van der Waals surface area contributed by atoms with E-state index in [-0.39, 0.29) is 29.1 Å². The summed E-state index contributed by atoms with van der Waals surface area (Å²) in [7, 11) is -4.03. The summed E-state index contributed by atoms with van der Waals surface area (Å²) in [5.74, 6) is -2.81. The number of benzene rings is 1. The predicted octanol–water partition coefficient (Wildman–Crippen LogP) is 0.0591. The molecule has 2 heterocycles. The Bertz CT molecular complexity index is 801. The fraction of sp³-hybridized carbons (Fsp3) is 0.308. The number of rotatable bonds is 3. The van der Waals surface area contributed by atoms with Crippen molar-refractivity contribution < 1.29 is 27.9 Å². The smallest absolute Gasteiger partial charge is 0.322 e. The molecular formula is C13H12N2O6S. The molecule has 0 aliphatic carbocycles. The second kappa shape index (κ2) is 4.89. The van der Waals surface area contributed by atoms with Crippen molar-refractivity contribution in [1.29, 1.82) is 0 Å². The number of hydrogen-bond acceptors (Lipinski definition) is 5. The van der Waals surface area contributed by atoms with Crippen LogP contribution in [0.5, 0.6) is 0 Å². The molecule has 2 aliphatic heterocycles. The van der Waals surface area contributed by atoms with Crippen LogP contribution in [0.4, 0.5) is 5.69 Å². The zero-order chi connectivity index (χ0) is 16.1. The molecule has 1 fully saturated rings. The molecule has 3 rings (SSSR count). The zero-order valence-corrected chi connectivity index (χ0v) is 12.1. The van der Waals surface area contributed by atoms with Crippen LogP contribution in [-0.4, -0.2) is 48.1 Å². The molecule has 1 unspecified atom stereocenters. The van der Waals surface area contributed by atoms with Crippen LogP contribution < -0.4 is 5.32 Å². The minimum absolute atomic E-state index is 0.0165. The van der Waals surface area contributed by atoms with Crippen LogP contribution in [0.3, 0.4) is 0 Å². The van der Waals surface area contributed by atoms with Gasteiger partial charge in [0, 0.05) is 6.54 Å². The maximum Gasteiger partial charge on any atom is 0.322 e. The lowest BCUT2D eigenvalue weighted by molar-refractivity contribution is -0.140. The van der Waals surface area contributed by atoms with Crippen LogP contribution in [0.1, 0.15) is 23.2 Å². The molecule has 1 amide bonds. The number of fused-ring (bicyclic) bond motifs is 1. The molecule has 0 spiro atoms. The van der Waals surface area contributed by atoms with E-state index in [1.807, 2.05) is 0 Å². The highest BCUT2D eigenvalue weighted by Crippen LogP contribution is 2.30. The second-order valence-corrected chi connectivity index (χ2v) is 6.99. The van der Waals surface area contributed by atoms with Gasteiger partial charge < -0.3 is 10.4 Å². The van der Waals surface area contributed by atoms with Crippen LogP contribution >= 0.6 is 0 Å². The fourth-order valence-electron chi connectivity index (χ4n) is 2.69. The summed E-state index contributed by atoms with van der Waals surface area (Å²) in [4.78, 5) is 33.9. The van der Waals surface area contributed by atoms with Crippen molar-refractivity contribution in [2.75, 3.05) is 11.9 Å². The lowest BCUT2D eigenvalue weighted by Gasteiger charge is -2.21. The molecule has 0 bridgehead atoms. The van der Waals surface area contributed by atoms with Gasteiger partial charge in [-0.1, -0.05) is 0 Å². The van der Waals surface area contributed by atoms with Gasteiger partial charge in [-0.3, -0.25) is 14.4 Å². The number of carbonyl (C=O) groups excluding carboxylic acids is 2. The van der Waals surface area contributed by atoms with Gasteiger partial charge in [0.25, 0.3) is 11.7 Å². The summed E-state index contributed by atoms with van der Waals surface area (Å²) < 4.78 is 26.1. The lowest BCUT2D eigenvalue weighted by atomic mass is 10.1. The summed E-state index contributed by atoms with van der Waals surface area (Å²) in [6.45, 7) is 0.113. The highest BCUT2D eigenvalue weighted by Gasteiger charge is 2.40. The van der Waals surface area contributed by atoms with Crippen LogP contribution in [0.25, 0.3) is 0 Å². The van der Waals surface area contributed by atoms with Crippen molar-refractivity contribution in [1.82, 2.24) is 4.31 Å². The van der Waals surface area contributed by atoms with Crippen molar-refractivity contribution in [3.8, 4) is 0 Å². The number of carbonyl (C=O) groups is 3. The quantitative estimate of drug-likeness (QED) is 0.758. The Morgan fingerprint density at radius 2 is 2.05 bits per heavy atom. The molecule has 1 atom stereocenters. The first-order chi connectivity index (χ1) is 10.3. The predicted molar refractivity (Wildman–Crippen MR) is 74.0 cm³/mol. The number of sulfonamides is 1. The summed E-state index contributed by atoms with van der Waals surface area (Å²) in [6, 6.07) is 2.59. The van der Waals surface area contributed by atoms with Gasteiger partial charge in [-0.15, -0.1) is 0 Å². The zero-order valence-electron chi connectivity index (χ0n) is 11.3. The molecule has 0 radical (unpaired) electrons. The third-order valence-corrected chi connectivity index (χ3v) is 5.69. The Morgan fingerprint density at radius 1 is 1.32 bits per heavy atom. The van der Waals surface area contributed by atoms with Crippen molar-refractivity contribution >= 4 is 33.4 Å². The number of anilines is 1. The van der Waals surface area contributed by atoms with Crippen molar-refractivity contribution in [2.45, 2.75) is 23.8 Å². The van der Waals surface area contributed by atoms with Crippen molar-refractivity contribution in [2.24, 2.45) is 0 Å². The van der Waals surface area contributed by atoms with Gasteiger partial charge in [-0.2, -0.15) is 4.31 Å². The minimum Gasteiger partial charge on any atom is -0.480 e. The van der Waals surface area contributed by atoms with E-state index in [2.05, 4.69) is 5.32 Å². The first kappa shape index (κ1) is 14.7. The molecular weight excluding hydrogens is 312 g/mol. The Labute approximate surface area is 125 Å². The molecule has 1 aromatic carbocycles. The molecule has 1 aromatic rings. The number of carboxylic acids is 1. The van der Waals surface area contributed by atoms with Crippen molar-refractivity contribution in [3.05, 3.63) is 23.8 Å². The monoisotopic (exact) mass is 324 g/mol. The first-order valence-corrected chi connectivity index (χ1v) is 8.01. The van der Waals surface area contributed by atoms with Crippen LogP contribution in [-0.2, 0) is 19.6 Å². The number of nitrogens with one attached hydrogen (secondary N) is 1. The Morgan fingerprint density at radius 3 is 2.73 bits per heavy atom. The number of aliphatic carboxylic acids is 1. The largest absolute Gasteiger partial charge is 0.480 e. The van der Waals surface area contributed by atoms with Gasteiger partial charge in [0.05, 0.1) is 16.1 Å². The van der Waals surface area contributed by atoms with E-state index in [1.165, 1.54) is 12.1 Å². The summed E-state index contributed by atoms with van der Waals surface area (Å²) >= 11 is 0. The maximum absolute atomic E-state index is 12.6. The van der Waals surface area contributed by atoms with Gasteiger partial charge in [-0.05, 0) is 31.0 Å². The van der Waals surface area contributed by atoms with E-state index in [0.29, 0.717) is 6.42 Å². The average Bonchev–Trinajstić information content (AvgIpc) is 3.05. The molecule has 9 heteroatoms. The van der Waals surface area contributed by atoms with Gasteiger partial charge >= 0.3 is 5.97 Å². The molecule has 2 aliphatic rings. The van der Waals surface area contributed by atoms with E-state index in [9.17, 15) is 22.8 Å². The average molecular weight is 324 g/mol. The van der Waals surface area contributed by atoms with E-state index in [0.717, 1.165) is 10.4 Å². The molecule has 2 N–H and O–H groups in total. The molecule has 0 aromatic heterocycles. The van der Waals surface area contributed by atoms with E-state index < -0.39 is 33.7 Å². The summed E-state index contributed by atoms with van der Waals surface area (Å²) in [5, 5.41) is 11.4. The van der Waals surface area contributed by atoms with Crippen LogP contribution in [0.2, 0.25) is 0 Å². The highest BCUT2D eigenvalue weighted by atomic mass is 32.2. The molecule has 0 saturated carbocycles. The number of ketones is 1. The second-order valence-electron chi connectivity index (χ2n) is 5.10. The Hall–Kier alpha value is -2.26. The molecule has 8 nitrogen and oxygen atoms in total. The first-order valence-electron chi connectivity index (χ1n) is 6.57. The SMILES string of the molecule is O=C1Nc2ccc(S(=O)(=O)N3CCCC3C(=O)O)cc2C1=O. The third kappa shape index (κ3) is 2.09. The Balaban J connectivity index is 2.02. The highest BCUT2D eigenvalue weighted by molar-refractivity contribution is 7.89. The van der Waals surface area contributed by atoms with Crippen LogP contribution in [0, 0.1) is 0 Å². The topological polar surface area (TPSA) is 121 Å². The number of amides is 1. The number of nitrogens with zero attached hydrogens (tertiary/aromatic N) is 1. The van der Waals surface area contributed by atoms with E-state index in [4.69, 9.17) is 5.11 Å². The number of hydrogen-bond donors (Lipinski definition) is 2. The Kier molecular flexibility index (Phi) is 3.26. The molecule has 22 heavy (non-hydrogen) atoms. The van der Waals surface area contributed by atoms with E-state index in [1.54, 1.807) is 0 Å². The van der Waals surface area contributed by atoms with Crippen LogP contribution in [0.15, 0.2) is 23.1 Å². The normalized spacial score (nSPS) is 21.7. The van der Waals surface area contributed by atoms with E-state index >= 15 is 0 Å². The molecule has 116 valence electrons. The third-order valence-electron chi connectivity index (χ3n) is 3.79. The van der Waals surface area contributed by atoms with Gasteiger partial charge in [-0.25, -0.2) is 8.42 Å². The standard InChI is InChI=1S/C13H12N2O6S/c16-11-8-6-7(3-4-9(8)14-12(11)17)22(20,21)15-5-1-2-10(15)13(18)19/h3-4,6,10H,1-2,5H2,(H,18,19)(H,14,16,17). The fourth-order valence-corrected chi connectivity index (χ4v) is 4.37. The summed E-state index contributed by atoms with van der Waals surface area (Å²) in [5.41, 5.74) is 0.238. The summed E-state index contributed by atoms with van der Waals surface area (Å²) in [6.07, 6.45) is 0.707. The van der Waals surface area contributed by atoms with Crippen molar-refractivity contribution in [3.63, 3.8) is 0 Å². The lowest BCUT2D eigenvalue weighted by Crippen LogP contribution is -2.40. The number of Topliss-reactive ketones (excluding diaryl/α,β-unsaturated/α-hetero) is 1. The van der Waals surface area contributed by atoms with Gasteiger partial charge in [0.15, 0.2) is 0 Å².